The molecule has 4 heteroatoms. The first-order chi connectivity index (χ1) is 11.8. The van der Waals surface area contributed by atoms with Crippen molar-refractivity contribution in [2.75, 3.05) is 6.61 Å². The van der Waals surface area contributed by atoms with Crippen LogP contribution >= 0.6 is 0 Å². The molecule has 4 rings (SSSR count). The smallest absolute Gasteiger partial charge is 0.128 e. The van der Waals surface area contributed by atoms with Crippen LogP contribution in [0.2, 0.25) is 0 Å². The summed E-state index contributed by atoms with van der Waals surface area (Å²) in [7, 11) is 0. The van der Waals surface area contributed by atoms with E-state index in [-0.39, 0.29) is 17.8 Å². The van der Waals surface area contributed by atoms with Crippen LogP contribution in [0.25, 0.3) is 0 Å². The van der Waals surface area contributed by atoms with E-state index in [0.29, 0.717) is 18.8 Å². The molecule has 2 aromatic rings. The van der Waals surface area contributed by atoms with Crippen LogP contribution in [0.1, 0.15) is 30.4 Å². The maximum Gasteiger partial charge on any atom is 0.128 e. The van der Waals surface area contributed by atoms with Gasteiger partial charge < -0.3 is 9.57 Å². The van der Waals surface area contributed by atoms with Gasteiger partial charge in [0.05, 0.1) is 24.9 Å². The van der Waals surface area contributed by atoms with Crippen LogP contribution in [0.5, 0.6) is 0 Å². The number of hydroxylamine groups is 1. The lowest BCUT2D eigenvalue weighted by atomic mass is 9.69. The Morgan fingerprint density at radius 3 is 2.75 bits per heavy atom. The highest BCUT2D eigenvalue weighted by molar-refractivity contribution is 5.29. The molecule has 2 aromatic carbocycles. The van der Waals surface area contributed by atoms with Crippen molar-refractivity contribution >= 4 is 0 Å². The largest absolute Gasteiger partial charge is 0.374 e. The normalized spacial score (nSPS) is 29.4. The predicted octanol–water partition coefficient (Wildman–Crippen LogP) is 3.94. The van der Waals surface area contributed by atoms with Gasteiger partial charge in [-0.3, -0.25) is 0 Å². The third-order valence-electron chi connectivity index (χ3n) is 5.33. The predicted molar refractivity (Wildman–Crippen MR) is 89.5 cm³/mol. The minimum absolute atomic E-state index is 0.163. The number of rotatable bonds is 4. The summed E-state index contributed by atoms with van der Waals surface area (Å²) >= 11 is 0. The van der Waals surface area contributed by atoms with Gasteiger partial charge in [-0.15, -0.1) is 0 Å². The van der Waals surface area contributed by atoms with E-state index in [1.165, 1.54) is 11.6 Å². The number of hydrogen-bond acceptors (Lipinski definition) is 3. The molecule has 2 fully saturated rings. The van der Waals surface area contributed by atoms with E-state index in [1.807, 2.05) is 30.3 Å². The van der Waals surface area contributed by atoms with E-state index >= 15 is 0 Å². The number of nitrogens with one attached hydrogen (secondary N) is 1. The van der Waals surface area contributed by atoms with Crippen LogP contribution in [0, 0.1) is 11.7 Å². The molecule has 3 atom stereocenters. The molecular weight excluding hydrogens is 305 g/mol. The van der Waals surface area contributed by atoms with Gasteiger partial charge in [0, 0.05) is 11.5 Å². The fraction of sp³-hybridized carbons (Fsp3) is 0.400. The Morgan fingerprint density at radius 2 is 1.92 bits per heavy atom. The van der Waals surface area contributed by atoms with Gasteiger partial charge in [-0.2, -0.15) is 5.48 Å². The van der Waals surface area contributed by atoms with Crippen LogP contribution in [0.15, 0.2) is 54.6 Å². The first-order valence-corrected chi connectivity index (χ1v) is 8.57. The average Bonchev–Trinajstić information content (AvgIpc) is 3.05. The van der Waals surface area contributed by atoms with Crippen molar-refractivity contribution in [3.05, 3.63) is 71.5 Å². The van der Waals surface area contributed by atoms with Crippen LogP contribution in [0.4, 0.5) is 4.39 Å². The van der Waals surface area contributed by atoms with Crippen molar-refractivity contribution in [2.24, 2.45) is 5.92 Å². The summed E-state index contributed by atoms with van der Waals surface area (Å²) in [4.78, 5) is 5.54. The third-order valence-corrected chi connectivity index (χ3v) is 5.33. The van der Waals surface area contributed by atoms with Crippen molar-refractivity contribution in [1.29, 1.82) is 0 Å². The zero-order valence-electron chi connectivity index (χ0n) is 13.6. The van der Waals surface area contributed by atoms with E-state index < -0.39 is 5.54 Å². The zero-order valence-corrected chi connectivity index (χ0v) is 13.6. The fourth-order valence-electron chi connectivity index (χ4n) is 4.02. The molecule has 0 radical (unpaired) electrons. The second-order valence-corrected chi connectivity index (χ2v) is 6.75. The van der Waals surface area contributed by atoms with E-state index in [0.717, 1.165) is 19.3 Å². The Bertz CT molecular complexity index is 693. The van der Waals surface area contributed by atoms with Crippen molar-refractivity contribution in [2.45, 2.75) is 37.5 Å². The number of ether oxygens (including phenoxy) is 1. The van der Waals surface area contributed by atoms with E-state index in [1.54, 1.807) is 6.07 Å². The molecule has 24 heavy (non-hydrogen) atoms. The Labute approximate surface area is 141 Å². The lowest BCUT2D eigenvalue weighted by Crippen LogP contribution is -2.47. The second kappa shape index (κ2) is 6.63. The summed E-state index contributed by atoms with van der Waals surface area (Å²) in [6.07, 6.45) is 2.79. The van der Waals surface area contributed by atoms with E-state index in [9.17, 15) is 4.39 Å². The summed E-state index contributed by atoms with van der Waals surface area (Å²) in [5.41, 5.74) is 4.61. The molecule has 1 N–H and O–H groups in total. The van der Waals surface area contributed by atoms with Gasteiger partial charge in [0.15, 0.2) is 0 Å². The Kier molecular flexibility index (Phi) is 4.35. The second-order valence-electron chi connectivity index (χ2n) is 6.75. The van der Waals surface area contributed by atoms with Gasteiger partial charge >= 0.3 is 0 Å². The number of fused-ring (bicyclic) bond motifs is 1. The summed E-state index contributed by atoms with van der Waals surface area (Å²) in [5, 5.41) is 0. The minimum Gasteiger partial charge on any atom is -0.374 e. The highest BCUT2D eigenvalue weighted by Gasteiger charge is 2.50. The molecule has 0 amide bonds. The Morgan fingerprint density at radius 1 is 1.12 bits per heavy atom. The molecule has 3 nitrogen and oxygen atoms in total. The molecule has 0 bridgehead atoms. The van der Waals surface area contributed by atoms with Crippen LogP contribution in [-0.4, -0.2) is 12.7 Å². The first kappa shape index (κ1) is 15.8. The quantitative estimate of drug-likeness (QED) is 0.922. The molecule has 1 heterocycles. The highest BCUT2D eigenvalue weighted by atomic mass is 19.1. The summed E-state index contributed by atoms with van der Waals surface area (Å²) in [6.45, 7) is 1.22. The molecule has 1 saturated heterocycles. The number of halogens is 1. The third kappa shape index (κ3) is 2.86. The average molecular weight is 327 g/mol. The van der Waals surface area contributed by atoms with Gasteiger partial charge in [-0.05, 0) is 30.9 Å². The standard InChI is InChI=1S/C20H22FNO2/c21-19-9-5-4-8-18(19)20-11-10-17(12-16(20)14-24-22-20)23-13-15-6-2-1-3-7-15/h1-9,16-17,22H,10-14H2. The van der Waals surface area contributed by atoms with E-state index in [4.69, 9.17) is 9.57 Å². The summed E-state index contributed by atoms with van der Waals surface area (Å²) < 4.78 is 20.5. The highest BCUT2D eigenvalue weighted by Crippen LogP contribution is 2.46. The topological polar surface area (TPSA) is 30.5 Å². The molecule has 3 unspecified atom stereocenters. The van der Waals surface area contributed by atoms with Gasteiger partial charge in [-0.1, -0.05) is 48.5 Å². The van der Waals surface area contributed by atoms with Crippen molar-refractivity contribution < 1.29 is 14.0 Å². The van der Waals surface area contributed by atoms with Gasteiger partial charge in [-0.25, -0.2) is 4.39 Å². The fourth-order valence-corrected chi connectivity index (χ4v) is 4.02. The maximum atomic E-state index is 14.3. The summed E-state index contributed by atoms with van der Waals surface area (Å²) in [5.74, 6) is 0.0630. The Balaban J connectivity index is 1.46. The number of hydrogen-bond donors (Lipinski definition) is 1. The number of benzene rings is 2. The van der Waals surface area contributed by atoms with Gasteiger partial charge in [0.2, 0.25) is 0 Å². The van der Waals surface area contributed by atoms with Crippen molar-refractivity contribution in [3.63, 3.8) is 0 Å². The molecule has 1 aliphatic heterocycles. The molecule has 1 aliphatic carbocycles. The lowest BCUT2D eigenvalue weighted by molar-refractivity contribution is -0.0204. The molecule has 2 aliphatic rings. The van der Waals surface area contributed by atoms with Crippen molar-refractivity contribution in [3.8, 4) is 0 Å². The lowest BCUT2D eigenvalue weighted by Gasteiger charge is -2.41. The first-order valence-electron chi connectivity index (χ1n) is 8.57. The van der Waals surface area contributed by atoms with Crippen molar-refractivity contribution in [1.82, 2.24) is 5.48 Å². The molecular formula is C20H22FNO2. The van der Waals surface area contributed by atoms with Crippen LogP contribution < -0.4 is 5.48 Å². The SMILES string of the molecule is Fc1ccccc1C12CCC(OCc3ccccc3)CC1CON2. The van der Waals surface area contributed by atoms with Gasteiger partial charge in [0.1, 0.15) is 5.82 Å². The molecule has 1 saturated carbocycles. The maximum absolute atomic E-state index is 14.3. The van der Waals surface area contributed by atoms with Gasteiger partial charge in [0.25, 0.3) is 0 Å². The van der Waals surface area contributed by atoms with Crippen LogP contribution in [-0.2, 0) is 21.7 Å². The zero-order chi connectivity index (χ0) is 16.4. The molecule has 126 valence electrons. The summed E-state index contributed by atoms with van der Waals surface area (Å²) in [6, 6.07) is 17.2. The van der Waals surface area contributed by atoms with E-state index in [2.05, 4.69) is 17.6 Å². The molecule has 0 spiro atoms. The molecule has 0 aromatic heterocycles. The monoisotopic (exact) mass is 327 g/mol. The van der Waals surface area contributed by atoms with Crippen LogP contribution in [0.3, 0.4) is 0 Å². The Hall–Kier alpha value is -1.75. The minimum atomic E-state index is -0.419.